The monoisotopic (exact) mass is 436 g/mol. The van der Waals surface area contributed by atoms with Gasteiger partial charge in [-0.05, 0) is 74.0 Å². The fraction of sp³-hybridized carbons (Fsp3) is 0.125. The van der Waals surface area contributed by atoms with Crippen LogP contribution in [-0.2, 0) is 0 Å². The van der Waals surface area contributed by atoms with E-state index in [1.165, 1.54) is 6.21 Å². The van der Waals surface area contributed by atoms with Gasteiger partial charge >= 0.3 is 5.97 Å². The van der Waals surface area contributed by atoms with E-state index in [2.05, 4.69) is 10.5 Å². The van der Waals surface area contributed by atoms with Crippen LogP contribution in [0.2, 0.25) is 5.02 Å². The molecule has 0 radical (unpaired) electrons. The standard InChI is InChI=1S/C24H21ClN2O4/c1-3-30-22-14-17(15-26-27-23(28)18-9-11-20(25)12-10-18)6-13-21(22)31-24(29)19-7-4-16(2)5-8-19/h4-15H,3H2,1-2H3,(H,27,28). The van der Waals surface area contributed by atoms with Gasteiger partial charge in [-0.2, -0.15) is 5.10 Å². The maximum Gasteiger partial charge on any atom is 0.343 e. The predicted molar refractivity (Wildman–Crippen MR) is 120 cm³/mol. The molecule has 0 saturated carbocycles. The number of carbonyl (C=O) groups is 2. The van der Waals surface area contributed by atoms with Crippen LogP contribution < -0.4 is 14.9 Å². The molecule has 0 atom stereocenters. The number of benzene rings is 3. The fourth-order valence-corrected chi connectivity index (χ4v) is 2.76. The Bertz CT molecular complexity index is 1090. The first-order valence-corrected chi connectivity index (χ1v) is 9.98. The molecule has 0 unspecified atom stereocenters. The molecule has 158 valence electrons. The fourth-order valence-electron chi connectivity index (χ4n) is 2.64. The molecule has 0 aromatic heterocycles. The van der Waals surface area contributed by atoms with Crippen molar-refractivity contribution in [2.75, 3.05) is 6.61 Å². The van der Waals surface area contributed by atoms with Crippen LogP contribution in [0.3, 0.4) is 0 Å². The molecule has 3 rings (SSSR count). The average Bonchev–Trinajstić information content (AvgIpc) is 2.76. The Labute approximate surface area is 185 Å². The van der Waals surface area contributed by atoms with Crippen molar-refractivity contribution in [2.24, 2.45) is 5.10 Å². The first-order chi connectivity index (χ1) is 15.0. The van der Waals surface area contributed by atoms with E-state index in [4.69, 9.17) is 21.1 Å². The molecule has 7 heteroatoms. The van der Waals surface area contributed by atoms with Crippen LogP contribution in [-0.4, -0.2) is 24.7 Å². The summed E-state index contributed by atoms with van der Waals surface area (Å²) in [5, 5.41) is 4.52. The lowest BCUT2D eigenvalue weighted by atomic mass is 10.1. The topological polar surface area (TPSA) is 77.0 Å². The van der Waals surface area contributed by atoms with Crippen molar-refractivity contribution in [1.82, 2.24) is 5.43 Å². The highest BCUT2D eigenvalue weighted by atomic mass is 35.5. The van der Waals surface area contributed by atoms with Crippen LogP contribution in [0.5, 0.6) is 11.5 Å². The normalized spacial score (nSPS) is 10.7. The van der Waals surface area contributed by atoms with Gasteiger partial charge in [0.2, 0.25) is 0 Å². The number of hydrogen-bond acceptors (Lipinski definition) is 5. The SMILES string of the molecule is CCOc1cc(C=NNC(=O)c2ccc(Cl)cc2)ccc1OC(=O)c1ccc(C)cc1. The third-order valence-corrected chi connectivity index (χ3v) is 4.50. The molecule has 0 fully saturated rings. The van der Waals surface area contributed by atoms with Gasteiger partial charge < -0.3 is 9.47 Å². The van der Waals surface area contributed by atoms with Gasteiger partial charge in [-0.3, -0.25) is 4.79 Å². The number of rotatable bonds is 7. The van der Waals surface area contributed by atoms with E-state index in [9.17, 15) is 9.59 Å². The van der Waals surface area contributed by atoms with Crippen molar-refractivity contribution in [3.8, 4) is 11.5 Å². The highest BCUT2D eigenvalue weighted by molar-refractivity contribution is 6.30. The molecule has 0 spiro atoms. The third kappa shape index (κ3) is 6.17. The van der Waals surface area contributed by atoms with Gasteiger partial charge in [0.25, 0.3) is 5.91 Å². The Morgan fingerprint density at radius 3 is 2.32 bits per heavy atom. The minimum absolute atomic E-state index is 0.301. The Balaban J connectivity index is 1.69. The summed E-state index contributed by atoms with van der Waals surface area (Å²) in [6.07, 6.45) is 1.47. The van der Waals surface area contributed by atoms with E-state index in [0.29, 0.717) is 39.8 Å². The quantitative estimate of drug-likeness (QED) is 0.244. The number of carbonyl (C=O) groups excluding carboxylic acids is 2. The lowest BCUT2D eigenvalue weighted by Crippen LogP contribution is -2.17. The summed E-state index contributed by atoms with van der Waals surface area (Å²) in [5.74, 6) is -0.134. The molecule has 0 bridgehead atoms. The molecular formula is C24H21ClN2O4. The van der Waals surface area contributed by atoms with E-state index < -0.39 is 5.97 Å². The van der Waals surface area contributed by atoms with E-state index in [-0.39, 0.29) is 5.91 Å². The molecule has 0 aliphatic carbocycles. The summed E-state index contributed by atoms with van der Waals surface area (Å²) in [4.78, 5) is 24.5. The number of hydrazone groups is 1. The van der Waals surface area contributed by atoms with Gasteiger partial charge in [-0.1, -0.05) is 29.3 Å². The Morgan fingerprint density at radius 2 is 1.65 bits per heavy atom. The molecule has 3 aromatic carbocycles. The van der Waals surface area contributed by atoms with Crippen molar-refractivity contribution < 1.29 is 19.1 Å². The summed E-state index contributed by atoms with van der Waals surface area (Å²) < 4.78 is 11.1. The lowest BCUT2D eigenvalue weighted by Gasteiger charge is -2.11. The smallest absolute Gasteiger partial charge is 0.343 e. The minimum Gasteiger partial charge on any atom is -0.490 e. The van der Waals surface area contributed by atoms with E-state index >= 15 is 0 Å². The molecule has 1 amide bonds. The molecule has 0 saturated heterocycles. The average molecular weight is 437 g/mol. The van der Waals surface area contributed by atoms with Crippen LogP contribution >= 0.6 is 11.6 Å². The molecular weight excluding hydrogens is 416 g/mol. The molecule has 0 heterocycles. The molecule has 0 aliphatic rings. The third-order valence-electron chi connectivity index (χ3n) is 4.24. The van der Waals surface area contributed by atoms with Crippen LogP contribution in [0.1, 0.15) is 38.8 Å². The minimum atomic E-state index is -0.474. The zero-order chi connectivity index (χ0) is 22.2. The number of aryl methyl sites for hydroxylation is 1. The van der Waals surface area contributed by atoms with Gasteiger partial charge in [0, 0.05) is 10.6 Å². The highest BCUT2D eigenvalue weighted by Gasteiger charge is 2.13. The van der Waals surface area contributed by atoms with Crippen molar-refractivity contribution in [2.45, 2.75) is 13.8 Å². The number of ether oxygens (including phenoxy) is 2. The zero-order valence-corrected chi connectivity index (χ0v) is 17.8. The predicted octanol–water partition coefficient (Wildman–Crippen LogP) is 5.03. The van der Waals surface area contributed by atoms with Gasteiger partial charge in [0.05, 0.1) is 18.4 Å². The van der Waals surface area contributed by atoms with Gasteiger partial charge in [0.15, 0.2) is 11.5 Å². The van der Waals surface area contributed by atoms with Crippen molar-refractivity contribution in [3.63, 3.8) is 0 Å². The molecule has 6 nitrogen and oxygen atoms in total. The van der Waals surface area contributed by atoms with Crippen LogP contribution in [0, 0.1) is 6.92 Å². The second kappa shape index (κ2) is 10.4. The zero-order valence-electron chi connectivity index (χ0n) is 17.1. The van der Waals surface area contributed by atoms with E-state index in [1.807, 2.05) is 26.0 Å². The first-order valence-electron chi connectivity index (χ1n) is 9.61. The van der Waals surface area contributed by atoms with E-state index in [0.717, 1.165) is 5.56 Å². The summed E-state index contributed by atoms with van der Waals surface area (Å²) >= 11 is 5.82. The maximum atomic E-state index is 12.4. The number of hydrogen-bond donors (Lipinski definition) is 1. The van der Waals surface area contributed by atoms with E-state index in [1.54, 1.807) is 54.6 Å². The first kappa shape index (κ1) is 22.1. The number of esters is 1. The van der Waals surface area contributed by atoms with Crippen molar-refractivity contribution in [1.29, 1.82) is 0 Å². The number of halogens is 1. The Kier molecular flexibility index (Phi) is 7.40. The molecule has 3 aromatic rings. The number of amides is 1. The van der Waals surface area contributed by atoms with Gasteiger partial charge in [0.1, 0.15) is 0 Å². The summed E-state index contributed by atoms with van der Waals surface area (Å²) in [6, 6.07) is 18.6. The second-order valence-corrected chi connectivity index (χ2v) is 7.04. The maximum absolute atomic E-state index is 12.4. The summed E-state index contributed by atoms with van der Waals surface area (Å²) in [6.45, 7) is 4.17. The molecule has 31 heavy (non-hydrogen) atoms. The second-order valence-electron chi connectivity index (χ2n) is 6.60. The molecule has 1 N–H and O–H groups in total. The highest BCUT2D eigenvalue weighted by Crippen LogP contribution is 2.29. The molecule has 0 aliphatic heterocycles. The Hall–Kier alpha value is -3.64. The van der Waals surface area contributed by atoms with Crippen LogP contribution in [0.4, 0.5) is 0 Å². The largest absolute Gasteiger partial charge is 0.490 e. The van der Waals surface area contributed by atoms with Crippen LogP contribution in [0.25, 0.3) is 0 Å². The summed E-state index contributed by atoms with van der Waals surface area (Å²) in [7, 11) is 0. The summed E-state index contributed by atoms with van der Waals surface area (Å²) in [5.41, 5.74) is 5.06. The van der Waals surface area contributed by atoms with Crippen LogP contribution in [0.15, 0.2) is 71.8 Å². The van der Waals surface area contributed by atoms with Gasteiger partial charge in [-0.25, -0.2) is 10.2 Å². The number of nitrogens with zero attached hydrogens (tertiary/aromatic N) is 1. The number of nitrogens with one attached hydrogen (secondary N) is 1. The van der Waals surface area contributed by atoms with Crippen molar-refractivity contribution in [3.05, 3.63) is 94.0 Å². The van der Waals surface area contributed by atoms with Gasteiger partial charge in [-0.15, -0.1) is 0 Å². The Morgan fingerprint density at radius 1 is 0.968 bits per heavy atom. The lowest BCUT2D eigenvalue weighted by molar-refractivity contribution is 0.0728. The van der Waals surface area contributed by atoms with Crippen molar-refractivity contribution >= 4 is 29.7 Å².